The largest absolute Gasteiger partial charge is 0.324 e. The second kappa shape index (κ2) is 4.21. The molecule has 76 valence electrons. The number of benzene rings is 1. The molecule has 0 saturated heterocycles. The van der Waals surface area contributed by atoms with Crippen LogP contribution in [0.3, 0.4) is 0 Å². The van der Waals surface area contributed by atoms with Crippen LogP contribution in [0.1, 0.15) is 30.9 Å². The van der Waals surface area contributed by atoms with Crippen molar-refractivity contribution in [2.75, 3.05) is 0 Å². The Labute approximate surface area is 97.8 Å². The number of halogens is 2. The summed E-state index contributed by atoms with van der Waals surface area (Å²) in [5.41, 5.74) is 7.27. The molecular formula is C11H13BrClN. The van der Waals surface area contributed by atoms with E-state index in [0.717, 1.165) is 21.8 Å². The van der Waals surface area contributed by atoms with Crippen molar-refractivity contribution in [3.05, 3.63) is 33.3 Å². The van der Waals surface area contributed by atoms with E-state index in [1.165, 1.54) is 18.4 Å². The summed E-state index contributed by atoms with van der Waals surface area (Å²) < 4.78 is 0.933. The van der Waals surface area contributed by atoms with Gasteiger partial charge in [0.15, 0.2) is 0 Å². The van der Waals surface area contributed by atoms with Crippen LogP contribution in [0.15, 0.2) is 22.7 Å². The monoisotopic (exact) mass is 273 g/mol. The van der Waals surface area contributed by atoms with Crippen molar-refractivity contribution in [3.8, 4) is 0 Å². The first kappa shape index (κ1) is 10.5. The van der Waals surface area contributed by atoms with Gasteiger partial charge in [-0.15, -0.1) is 0 Å². The summed E-state index contributed by atoms with van der Waals surface area (Å²) in [5, 5.41) is 0.743. The van der Waals surface area contributed by atoms with Crippen LogP contribution < -0.4 is 5.73 Å². The third-order valence-corrected chi connectivity index (χ3v) is 3.87. The van der Waals surface area contributed by atoms with Crippen LogP contribution >= 0.6 is 27.5 Å². The molecule has 0 heterocycles. The van der Waals surface area contributed by atoms with Crippen LogP contribution in [0.5, 0.6) is 0 Å². The van der Waals surface area contributed by atoms with Crippen molar-refractivity contribution in [1.82, 2.24) is 0 Å². The summed E-state index contributed by atoms with van der Waals surface area (Å²) in [4.78, 5) is 0. The Morgan fingerprint density at radius 1 is 1.50 bits per heavy atom. The highest BCUT2D eigenvalue weighted by atomic mass is 79.9. The van der Waals surface area contributed by atoms with Gasteiger partial charge in [0.05, 0.1) is 5.02 Å². The van der Waals surface area contributed by atoms with E-state index < -0.39 is 0 Å². The molecule has 0 amide bonds. The van der Waals surface area contributed by atoms with Crippen molar-refractivity contribution in [2.45, 2.75) is 25.3 Å². The molecule has 0 spiro atoms. The second-order valence-electron chi connectivity index (χ2n) is 3.96. The Bertz CT molecular complexity index is 336. The zero-order valence-electron chi connectivity index (χ0n) is 7.84. The van der Waals surface area contributed by atoms with Crippen LogP contribution in [-0.4, -0.2) is 0 Å². The van der Waals surface area contributed by atoms with Crippen LogP contribution in [0.4, 0.5) is 0 Å². The minimum atomic E-state index is 0.163. The van der Waals surface area contributed by atoms with Crippen LogP contribution in [0.2, 0.25) is 5.02 Å². The number of hydrogen-bond donors (Lipinski definition) is 1. The molecule has 1 unspecified atom stereocenters. The first-order chi connectivity index (χ1) is 6.66. The molecule has 0 aliphatic heterocycles. The van der Waals surface area contributed by atoms with Gasteiger partial charge in [-0.05, 0) is 46.0 Å². The van der Waals surface area contributed by atoms with Gasteiger partial charge in [0, 0.05) is 10.5 Å². The van der Waals surface area contributed by atoms with Gasteiger partial charge < -0.3 is 5.73 Å². The van der Waals surface area contributed by atoms with Gasteiger partial charge in [0.1, 0.15) is 0 Å². The SMILES string of the molecule is NC(CC1CC1)c1ccc(Cl)c(Br)c1. The highest BCUT2D eigenvalue weighted by Crippen LogP contribution is 2.37. The predicted molar refractivity (Wildman–Crippen MR) is 63.4 cm³/mol. The molecule has 1 aliphatic carbocycles. The van der Waals surface area contributed by atoms with Gasteiger partial charge in [-0.1, -0.05) is 30.5 Å². The van der Waals surface area contributed by atoms with E-state index in [-0.39, 0.29) is 6.04 Å². The Morgan fingerprint density at radius 3 is 2.79 bits per heavy atom. The molecule has 1 saturated carbocycles. The minimum absolute atomic E-state index is 0.163. The maximum absolute atomic E-state index is 6.09. The lowest BCUT2D eigenvalue weighted by Crippen LogP contribution is -2.10. The van der Waals surface area contributed by atoms with Gasteiger partial charge in [0.25, 0.3) is 0 Å². The van der Waals surface area contributed by atoms with Crippen molar-refractivity contribution >= 4 is 27.5 Å². The van der Waals surface area contributed by atoms with Gasteiger partial charge >= 0.3 is 0 Å². The predicted octanol–water partition coefficient (Wildman–Crippen LogP) is 3.90. The second-order valence-corrected chi connectivity index (χ2v) is 5.22. The van der Waals surface area contributed by atoms with E-state index in [0.29, 0.717) is 0 Å². The number of nitrogens with two attached hydrogens (primary N) is 1. The van der Waals surface area contributed by atoms with Gasteiger partial charge in [-0.3, -0.25) is 0 Å². The lowest BCUT2D eigenvalue weighted by molar-refractivity contribution is 0.597. The van der Waals surface area contributed by atoms with E-state index in [9.17, 15) is 0 Å². The molecule has 1 aromatic rings. The summed E-state index contributed by atoms with van der Waals surface area (Å²) in [6.45, 7) is 0. The fourth-order valence-corrected chi connectivity index (χ4v) is 2.11. The molecule has 1 fully saturated rings. The van der Waals surface area contributed by atoms with E-state index in [1.54, 1.807) is 0 Å². The molecule has 1 atom stereocenters. The van der Waals surface area contributed by atoms with Crippen molar-refractivity contribution in [3.63, 3.8) is 0 Å². The average Bonchev–Trinajstić information content (AvgIpc) is 2.93. The maximum Gasteiger partial charge on any atom is 0.0548 e. The fraction of sp³-hybridized carbons (Fsp3) is 0.455. The minimum Gasteiger partial charge on any atom is -0.324 e. The van der Waals surface area contributed by atoms with E-state index >= 15 is 0 Å². The smallest absolute Gasteiger partial charge is 0.0548 e. The molecule has 2 N–H and O–H groups in total. The summed E-state index contributed by atoms with van der Waals surface area (Å²) in [6.07, 6.45) is 3.80. The molecule has 1 aromatic carbocycles. The third-order valence-electron chi connectivity index (χ3n) is 2.66. The lowest BCUT2D eigenvalue weighted by atomic mass is 10.0. The summed E-state index contributed by atoms with van der Waals surface area (Å²) >= 11 is 9.32. The topological polar surface area (TPSA) is 26.0 Å². The first-order valence-corrected chi connectivity index (χ1v) is 6.04. The van der Waals surface area contributed by atoms with Crippen LogP contribution in [0, 0.1) is 5.92 Å². The molecule has 0 radical (unpaired) electrons. The normalized spacial score (nSPS) is 18.2. The van der Waals surface area contributed by atoms with Gasteiger partial charge in [0.2, 0.25) is 0 Å². The zero-order chi connectivity index (χ0) is 10.1. The maximum atomic E-state index is 6.09. The van der Waals surface area contributed by atoms with Crippen molar-refractivity contribution < 1.29 is 0 Å². The molecule has 0 aromatic heterocycles. The Kier molecular flexibility index (Phi) is 3.15. The van der Waals surface area contributed by atoms with E-state index in [1.807, 2.05) is 18.2 Å². The zero-order valence-corrected chi connectivity index (χ0v) is 10.2. The van der Waals surface area contributed by atoms with Crippen molar-refractivity contribution in [1.29, 1.82) is 0 Å². The fourth-order valence-electron chi connectivity index (χ4n) is 1.59. The molecule has 1 nitrogen and oxygen atoms in total. The Morgan fingerprint density at radius 2 is 2.21 bits per heavy atom. The molecule has 2 rings (SSSR count). The molecule has 14 heavy (non-hydrogen) atoms. The summed E-state index contributed by atoms with van der Waals surface area (Å²) in [6, 6.07) is 6.10. The van der Waals surface area contributed by atoms with Crippen LogP contribution in [-0.2, 0) is 0 Å². The lowest BCUT2D eigenvalue weighted by Gasteiger charge is -2.11. The van der Waals surface area contributed by atoms with E-state index in [4.69, 9.17) is 17.3 Å². The average molecular weight is 275 g/mol. The molecular weight excluding hydrogens is 261 g/mol. The third kappa shape index (κ3) is 2.50. The summed E-state index contributed by atoms with van der Waals surface area (Å²) in [7, 11) is 0. The number of hydrogen-bond acceptors (Lipinski definition) is 1. The number of rotatable bonds is 3. The first-order valence-electron chi connectivity index (χ1n) is 4.87. The Hall–Kier alpha value is -0.0500. The quantitative estimate of drug-likeness (QED) is 0.889. The summed E-state index contributed by atoms with van der Waals surface area (Å²) in [5.74, 6) is 0.861. The molecule has 1 aliphatic rings. The Balaban J connectivity index is 2.10. The molecule has 3 heteroatoms. The highest BCUT2D eigenvalue weighted by molar-refractivity contribution is 9.10. The van der Waals surface area contributed by atoms with Gasteiger partial charge in [-0.25, -0.2) is 0 Å². The van der Waals surface area contributed by atoms with E-state index in [2.05, 4.69) is 15.9 Å². The van der Waals surface area contributed by atoms with Crippen molar-refractivity contribution in [2.24, 2.45) is 11.7 Å². The van der Waals surface area contributed by atoms with Gasteiger partial charge in [-0.2, -0.15) is 0 Å². The van der Waals surface area contributed by atoms with Crippen LogP contribution in [0.25, 0.3) is 0 Å². The highest BCUT2D eigenvalue weighted by Gasteiger charge is 2.24. The standard InChI is InChI=1S/C11H13BrClN/c12-9-6-8(3-4-10(9)13)11(14)5-7-1-2-7/h3-4,6-7,11H,1-2,5,14H2. The molecule has 0 bridgehead atoms.